The lowest BCUT2D eigenvalue weighted by atomic mass is 10.1. The number of amides is 1. The molecule has 7 nitrogen and oxygen atoms in total. The molecular formula is C17H18N2O5S. The average molecular weight is 362 g/mol. The zero-order valence-corrected chi connectivity index (χ0v) is 14.4. The van der Waals surface area contributed by atoms with Gasteiger partial charge in [-0.15, -0.1) is 0 Å². The topological polar surface area (TPSA) is 93.7 Å². The Kier molecular flexibility index (Phi) is 4.91. The van der Waals surface area contributed by atoms with Gasteiger partial charge in [-0.2, -0.15) is 0 Å². The van der Waals surface area contributed by atoms with Crippen LogP contribution in [0.4, 0.5) is 5.69 Å². The van der Waals surface area contributed by atoms with Crippen LogP contribution in [0.5, 0.6) is 11.5 Å². The molecule has 0 bridgehead atoms. The van der Waals surface area contributed by atoms with Crippen molar-refractivity contribution in [3.8, 4) is 11.5 Å². The molecule has 1 aliphatic heterocycles. The monoisotopic (exact) mass is 362 g/mol. The smallest absolute Gasteiger partial charge is 0.239 e. The number of anilines is 1. The van der Waals surface area contributed by atoms with E-state index in [9.17, 15) is 13.2 Å². The van der Waals surface area contributed by atoms with Crippen molar-refractivity contribution in [3.05, 3.63) is 53.6 Å². The summed E-state index contributed by atoms with van der Waals surface area (Å²) in [5.41, 5.74) is 2.09. The standard InChI is InChI=1S/C17H18N2O5S/c1-12-4-2-3-5-13(12)10-25(21,22)18-9-17(20)19-14-6-7-15-16(8-14)24-11-23-15/h2-8,18H,9-11H2,1H3,(H,19,20). The molecular weight excluding hydrogens is 344 g/mol. The van der Waals surface area contributed by atoms with Gasteiger partial charge in [0.25, 0.3) is 0 Å². The van der Waals surface area contributed by atoms with Crippen LogP contribution >= 0.6 is 0 Å². The van der Waals surface area contributed by atoms with Crippen LogP contribution in [0.2, 0.25) is 0 Å². The van der Waals surface area contributed by atoms with Crippen molar-refractivity contribution in [2.24, 2.45) is 0 Å². The Morgan fingerprint density at radius 2 is 1.88 bits per heavy atom. The zero-order valence-electron chi connectivity index (χ0n) is 13.6. The van der Waals surface area contributed by atoms with Crippen molar-refractivity contribution in [1.82, 2.24) is 4.72 Å². The van der Waals surface area contributed by atoms with Gasteiger partial charge in [0.1, 0.15) is 0 Å². The van der Waals surface area contributed by atoms with Gasteiger partial charge in [0.15, 0.2) is 11.5 Å². The second-order valence-electron chi connectivity index (χ2n) is 5.62. The Morgan fingerprint density at radius 3 is 2.68 bits per heavy atom. The van der Waals surface area contributed by atoms with Crippen molar-refractivity contribution in [2.45, 2.75) is 12.7 Å². The van der Waals surface area contributed by atoms with E-state index in [-0.39, 0.29) is 19.1 Å². The third-order valence-corrected chi connectivity index (χ3v) is 4.99. The summed E-state index contributed by atoms with van der Waals surface area (Å²) in [5, 5.41) is 2.62. The highest BCUT2D eigenvalue weighted by molar-refractivity contribution is 7.88. The minimum Gasteiger partial charge on any atom is -0.454 e. The maximum Gasteiger partial charge on any atom is 0.239 e. The Labute approximate surface area is 146 Å². The molecule has 0 unspecified atom stereocenters. The lowest BCUT2D eigenvalue weighted by Gasteiger charge is -2.09. The number of hydrogen-bond acceptors (Lipinski definition) is 5. The normalized spacial score (nSPS) is 12.8. The molecule has 0 aromatic heterocycles. The molecule has 0 aliphatic carbocycles. The number of hydrogen-bond donors (Lipinski definition) is 2. The first-order valence-electron chi connectivity index (χ1n) is 7.64. The summed E-state index contributed by atoms with van der Waals surface area (Å²) in [4.78, 5) is 12.0. The molecule has 0 saturated heterocycles. The van der Waals surface area contributed by atoms with E-state index in [2.05, 4.69) is 10.0 Å². The van der Waals surface area contributed by atoms with Crippen molar-refractivity contribution >= 4 is 21.6 Å². The number of aryl methyl sites for hydroxylation is 1. The lowest BCUT2D eigenvalue weighted by Crippen LogP contribution is -2.33. The van der Waals surface area contributed by atoms with E-state index >= 15 is 0 Å². The fraction of sp³-hybridized carbons (Fsp3) is 0.235. The molecule has 0 radical (unpaired) electrons. The second-order valence-corrected chi connectivity index (χ2v) is 7.43. The minimum absolute atomic E-state index is 0.144. The number of sulfonamides is 1. The van der Waals surface area contributed by atoms with E-state index in [1.54, 1.807) is 30.3 Å². The molecule has 2 aromatic rings. The second kappa shape index (κ2) is 7.12. The highest BCUT2D eigenvalue weighted by Crippen LogP contribution is 2.34. The van der Waals surface area contributed by atoms with Crippen molar-refractivity contribution < 1.29 is 22.7 Å². The summed E-state index contributed by atoms with van der Waals surface area (Å²) in [5.74, 6) is 0.513. The number of fused-ring (bicyclic) bond motifs is 1. The van der Waals surface area contributed by atoms with Gasteiger partial charge >= 0.3 is 0 Å². The highest BCUT2D eigenvalue weighted by atomic mass is 32.2. The highest BCUT2D eigenvalue weighted by Gasteiger charge is 2.16. The van der Waals surface area contributed by atoms with Crippen LogP contribution in [0, 0.1) is 6.92 Å². The largest absolute Gasteiger partial charge is 0.454 e. The van der Waals surface area contributed by atoms with Gasteiger partial charge in [-0.25, -0.2) is 13.1 Å². The lowest BCUT2D eigenvalue weighted by molar-refractivity contribution is -0.115. The molecule has 0 fully saturated rings. The maximum atomic E-state index is 12.1. The fourth-order valence-electron chi connectivity index (χ4n) is 2.38. The van der Waals surface area contributed by atoms with Crippen LogP contribution in [0.15, 0.2) is 42.5 Å². The first-order chi connectivity index (χ1) is 11.9. The first-order valence-corrected chi connectivity index (χ1v) is 9.29. The molecule has 1 amide bonds. The third kappa shape index (κ3) is 4.49. The molecule has 1 heterocycles. The Balaban J connectivity index is 1.55. The average Bonchev–Trinajstić information content (AvgIpc) is 3.03. The van der Waals surface area contributed by atoms with Crippen LogP contribution in [-0.4, -0.2) is 27.7 Å². The Bertz CT molecular complexity index is 896. The van der Waals surface area contributed by atoms with Crippen LogP contribution in [0.3, 0.4) is 0 Å². The summed E-state index contributed by atoms with van der Waals surface area (Å²) in [6, 6.07) is 12.2. The molecule has 0 spiro atoms. The summed E-state index contributed by atoms with van der Waals surface area (Å²) in [6.45, 7) is 1.64. The molecule has 0 saturated carbocycles. The van der Waals surface area contributed by atoms with Crippen molar-refractivity contribution in [2.75, 3.05) is 18.7 Å². The Hall–Kier alpha value is -2.58. The number of nitrogens with one attached hydrogen (secondary N) is 2. The molecule has 0 atom stereocenters. The number of ether oxygens (including phenoxy) is 2. The predicted molar refractivity (Wildman–Crippen MR) is 93.0 cm³/mol. The Morgan fingerprint density at radius 1 is 1.12 bits per heavy atom. The molecule has 25 heavy (non-hydrogen) atoms. The zero-order chi connectivity index (χ0) is 17.9. The van der Waals surface area contributed by atoms with E-state index in [1.165, 1.54) is 0 Å². The number of carbonyl (C=O) groups is 1. The molecule has 8 heteroatoms. The van der Waals surface area contributed by atoms with Gasteiger partial charge in [0.05, 0.1) is 12.3 Å². The number of benzene rings is 2. The minimum atomic E-state index is -3.61. The summed E-state index contributed by atoms with van der Waals surface area (Å²) in [7, 11) is -3.61. The molecule has 3 rings (SSSR count). The summed E-state index contributed by atoms with van der Waals surface area (Å²) < 4.78 is 37.0. The molecule has 1 aliphatic rings. The first kappa shape index (κ1) is 17.2. The van der Waals surface area contributed by atoms with Crippen molar-refractivity contribution in [3.63, 3.8) is 0 Å². The van der Waals surface area contributed by atoms with Gasteiger partial charge in [-0.05, 0) is 30.2 Å². The maximum absolute atomic E-state index is 12.1. The predicted octanol–water partition coefficient (Wildman–Crippen LogP) is 1.78. The number of carbonyl (C=O) groups excluding carboxylic acids is 1. The van der Waals surface area contributed by atoms with Gasteiger partial charge < -0.3 is 14.8 Å². The fourth-order valence-corrected chi connectivity index (χ4v) is 3.57. The van der Waals surface area contributed by atoms with Crippen LogP contribution in [0.1, 0.15) is 11.1 Å². The summed E-state index contributed by atoms with van der Waals surface area (Å²) >= 11 is 0. The molecule has 2 aromatic carbocycles. The van der Waals surface area contributed by atoms with E-state index in [4.69, 9.17) is 9.47 Å². The van der Waals surface area contributed by atoms with Gasteiger partial charge in [0.2, 0.25) is 22.7 Å². The van der Waals surface area contributed by atoms with Crippen LogP contribution < -0.4 is 19.5 Å². The van der Waals surface area contributed by atoms with E-state index in [0.29, 0.717) is 22.7 Å². The van der Waals surface area contributed by atoms with Gasteiger partial charge in [0, 0.05) is 11.8 Å². The van der Waals surface area contributed by atoms with E-state index in [1.807, 2.05) is 19.1 Å². The molecule has 132 valence electrons. The SMILES string of the molecule is Cc1ccccc1CS(=O)(=O)NCC(=O)Nc1ccc2c(c1)OCO2. The number of rotatable bonds is 6. The van der Waals surface area contributed by atoms with Gasteiger partial charge in [-0.3, -0.25) is 4.79 Å². The van der Waals surface area contributed by atoms with E-state index < -0.39 is 15.9 Å². The van der Waals surface area contributed by atoms with Crippen LogP contribution in [0.25, 0.3) is 0 Å². The summed E-state index contributed by atoms with van der Waals surface area (Å²) in [6.07, 6.45) is 0. The third-order valence-electron chi connectivity index (χ3n) is 3.72. The van der Waals surface area contributed by atoms with Crippen LogP contribution in [-0.2, 0) is 20.6 Å². The van der Waals surface area contributed by atoms with E-state index in [0.717, 1.165) is 5.56 Å². The molecule has 2 N–H and O–H groups in total. The quantitative estimate of drug-likeness (QED) is 0.817. The van der Waals surface area contributed by atoms with Gasteiger partial charge in [-0.1, -0.05) is 24.3 Å². The van der Waals surface area contributed by atoms with Crippen molar-refractivity contribution in [1.29, 1.82) is 0 Å².